The predicted molar refractivity (Wildman–Crippen MR) is 62.3 cm³/mol. The van der Waals surface area contributed by atoms with Gasteiger partial charge in [0.05, 0.1) is 12.2 Å². The van der Waals surface area contributed by atoms with Crippen LogP contribution < -0.4 is 11.3 Å². The maximum absolute atomic E-state index is 13.6. The molecule has 0 bridgehead atoms. The smallest absolute Gasteiger partial charge is 0.146 e. The topological polar surface area (TPSA) is 63.8 Å². The van der Waals surface area contributed by atoms with E-state index in [0.717, 1.165) is 11.3 Å². The first-order valence-corrected chi connectivity index (χ1v) is 5.20. The van der Waals surface area contributed by atoms with Crippen LogP contribution in [0.3, 0.4) is 0 Å². The Morgan fingerprint density at radius 3 is 2.71 bits per heavy atom. The van der Waals surface area contributed by atoms with Crippen molar-refractivity contribution in [1.29, 1.82) is 0 Å². The van der Waals surface area contributed by atoms with Gasteiger partial charge in [-0.25, -0.2) is 9.82 Å². The fraction of sp³-hybridized carbons (Fsp3) is 0.167. The number of aryl methyl sites for hydroxylation is 1. The lowest BCUT2D eigenvalue weighted by molar-refractivity contribution is 0.555. The fourth-order valence-electron chi connectivity index (χ4n) is 1.64. The van der Waals surface area contributed by atoms with Gasteiger partial charge in [0.15, 0.2) is 0 Å². The molecule has 0 saturated carbocycles. The third-order valence-corrected chi connectivity index (χ3v) is 2.55. The van der Waals surface area contributed by atoms with Gasteiger partial charge in [-0.2, -0.15) is 0 Å². The number of rotatable bonds is 3. The lowest BCUT2D eigenvalue weighted by Crippen LogP contribution is -2.29. The predicted octanol–water partition coefficient (Wildman–Crippen LogP) is 1.48. The second-order valence-corrected chi connectivity index (χ2v) is 3.73. The van der Waals surface area contributed by atoms with Crippen LogP contribution in [0.2, 0.25) is 0 Å². The first kappa shape index (κ1) is 11.6. The second-order valence-electron chi connectivity index (χ2n) is 3.73. The quantitative estimate of drug-likeness (QED) is 0.621. The average molecular weight is 232 g/mol. The molecule has 0 radical (unpaired) electrons. The molecule has 2 aromatic rings. The summed E-state index contributed by atoms with van der Waals surface area (Å²) >= 11 is 0. The molecule has 0 saturated heterocycles. The second kappa shape index (κ2) is 4.99. The summed E-state index contributed by atoms with van der Waals surface area (Å²) in [6.45, 7) is 1.89. The normalized spacial score (nSPS) is 12.4. The van der Waals surface area contributed by atoms with Gasteiger partial charge >= 0.3 is 0 Å². The van der Waals surface area contributed by atoms with E-state index < -0.39 is 11.9 Å². The first-order valence-electron chi connectivity index (χ1n) is 5.20. The van der Waals surface area contributed by atoms with E-state index in [0.29, 0.717) is 5.56 Å². The van der Waals surface area contributed by atoms with Gasteiger partial charge in [0.2, 0.25) is 0 Å². The van der Waals surface area contributed by atoms with Crippen LogP contribution in [0.25, 0.3) is 0 Å². The van der Waals surface area contributed by atoms with Gasteiger partial charge in [-0.05, 0) is 24.6 Å². The summed E-state index contributed by atoms with van der Waals surface area (Å²) in [6.07, 6.45) is 4.38. The molecular formula is C12H13FN4. The van der Waals surface area contributed by atoms with Crippen LogP contribution >= 0.6 is 0 Å². The van der Waals surface area contributed by atoms with E-state index in [9.17, 15) is 4.39 Å². The van der Waals surface area contributed by atoms with Gasteiger partial charge < -0.3 is 0 Å². The van der Waals surface area contributed by atoms with Gasteiger partial charge in [-0.15, -0.1) is 0 Å². The Hall–Kier alpha value is -1.85. The van der Waals surface area contributed by atoms with Crippen LogP contribution in [0.15, 0.2) is 36.8 Å². The standard InChI is InChI=1S/C12H13FN4/c1-8-2-3-9(6-16-8)12(17-14)10-4-5-15-7-11(10)13/h2-7,12,17H,14H2,1H3. The molecule has 1 atom stereocenters. The summed E-state index contributed by atoms with van der Waals surface area (Å²) in [7, 11) is 0. The number of pyridine rings is 2. The number of nitrogens with two attached hydrogens (primary N) is 1. The van der Waals surface area contributed by atoms with Crippen LogP contribution in [0.1, 0.15) is 22.9 Å². The van der Waals surface area contributed by atoms with Gasteiger partial charge in [-0.1, -0.05) is 6.07 Å². The molecule has 2 aromatic heterocycles. The number of hydrogen-bond donors (Lipinski definition) is 2. The summed E-state index contributed by atoms with van der Waals surface area (Å²) in [5.74, 6) is 5.09. The summed E-state index contributed by atoms with van der Waals surface area (Å²) in [5.41, 5.74) is 4.75. The minimum atomic E-state index is -0.425. The zero-order valence-electron chi connectivity index (χ0n) is 9.39. The Balaban J connectivity index is 2.40. The number of nitrogens with zero attached hydrogens (tertiary/aromatic N) is 2. The minimum Gasteiger partial charge on any atom is -0.271 e. The van der Waals surface area contributed by atoms with Crippen molar-refractivity contribution in [2.75, 3.05) is 0 Å². The zero-order chi connectivity index (χ0) is 12.3. The SMILES string of the molecule is Cc1ccc(C(NN)c2ccncc2F)cn1. The lowest BCUT2D eigenvalue weighted by atomic mass is 10.0. The summed E-state index contributed by atoms with van der Waals surface area (Å²) < 4.78 is 13.6. The summed E-state index contributed by atoms with van der Waals surface area (Å²) in [5, 5.41) is 0. The monoisotopic (exact) mass is 232 g/mol. The molecule has 0 amide bonds. The van der Waals surface area contributed by atoms with E-state index in [-0.39, 0.29) is 0 Å². The first-order chi connectivity index (χ1) is 8.22. The van der Waals surface area contributed by atoms with E-state index in [1.54, 1.807) is 12.3 Å². The van der Waals surface area contributed by atoms with Crippen molar-refractivity contribution >= 4 is 0 Å². The molecule has 0 aliphatic carbocycles. The van der Waals surface area contributed by atoms with Crippen LogP contribution in [0.5, 0.6) is 0 Å². The van der Waals surface area contributed by atoms with Gasteiger partial charge in [-0.3, -0.25) is 15.8 Å². The molecule has 88 valence electrons. The number of hydrazine groups is 1. The van der Waals surface area contributed by atoms with Crippen LogP contribution in [-0.4, -0.2) is 9.97 Å². The maximum Gasteiger partial charge on any atom is 0.146 e. The molecule has 2 rings (SSSR count). The molecular weight excluding hydrogens is 219 g/mol. The molecule has 1 unspecified atom stereocenters. The summed E-state index contributed by atoms with van der Waals surface area (Å²) in [4.78, 5) is 7.88. The molecule has 0 spiro atoms. The highest BCUT2D eigenvalue weighted by molar-refractivity contribution is 5.30. The third-order valence-electron chi connectivity index (χ3n) is 2.55. The van der Waals surface area contributed by atoms with Crippen molar-refractivity contribution in [3.05, 3.63) is 59.4 Å². The van der Waals surface area contributed by atoms with E-state index in [2.05, 4.69) is 15.4 Å². The molecule has 0 aromatic carbocycles. The molecule has 2 heterocycles. The van der Waals surface area contributed by atoms with Gasteiger partial charge in [0.25, 0.3) is 0 Å². The largest absolute Gasteiger partial charge is 0.271 e. The number of nitrogens with one attached hydrogen (secondary N) is 1. The Bertz CT molecular complexity index is 498. The highest BCUT2D eigenvalue weighted by Gasteiger charge is 2.16. The highest BCUT2D eigenvalue weighted by atomic mass is 19.1. The molecule has 0 aliphatic rings. The average Bonchev–Trinajstić information content (AvgIpc) is 2.35. The minimum absolute atomic E-state index is 0.393. The molecule has 0 aliphatic heterocycles. The Morgan fingerprint density at radius 1 is 1.29 bits per heavy atom. The van der Waals surface area contributed by atoms with Crippen LogP contribution in [-0.2, 0) is 0 Å². The van der Waals surface area contributed by atoms with Crippen molar-refractivity contribution in [2.24, 2.45) is 5.84 Å². The lowest BCUT2D eigenvalue weighted by Gasteiger charge is -2.16. The van der Waals surface area contributed by atoms with E-state index in [4.69, 9.17) is 5.84 Å². The molecule has 17 heavy (non-hydrogen) atoms. The Morgan fingerprint density at radius 2 is 2.12 bits per heavy atom. The van der Waals surface area contributed by atoms with Gasteiger partial charge in [0.1, 0.15) is 5.82 Å². The van der Waals surface area contributed by atoms with E-state index >= 15 is 0 Å². The van der Waals surface area contributed by atoms with E-state index in [1.165, 1.54) is 12.4 Å². The number of aromatic nitrogens is 2. The molecule has 0 fully saturated rings. The van der Waals surface area contributed by atoms with E-state index in [1.807, 2.05) is 19.1 Å². The maximum atomic E-state index is 13.6. The Kier molecular flexibility index (Phi) is 3.41. The molecule has 5 heteroatoms. The van der Waals surface area contributed by atoms with Crippen molar-refractivity contribution in [2.45, 2.75) is 13.0 Å². The van der Waals surface area contributed by atoms with Crippen LogP contribution in [0.4, 0.5) is 4.39 Å². The zero-order valence-corrected chi connectivity index (χ0v) is 9.39. The summed E-state index contributed by atoms with van der Waals surface area (Å²) in [6, 6.07) is 4.90. The highest BCUT2D eigenvalue weighted by Crippen LogP contribution is 2.22. The number of halogens is 1. The number of hydrogen-bond acceptors (Lipinski definition) is 4. The van der Waals surface area contributed by atoms with Crippen LogP contribution in [0, 0.1) is 12.7 Å². The van der Waals surface area contributed by atoms with Crippen molar-refractivity contribution in [1.82, 2.24) is 15.4 Å². The van der Waals surface area contributed by atoms with Crippen molar-refractivity contribution < 1.29 is 4.39 Å². The third kappa shape index (κ3) is 2.46. The molecule has 3 N–H and O–H groups in total. The Labute approximate surface area is 98.7 Å². The van der Waals surface area contributed by atoms with Crippen molar-refractivity contribution in [3.8, 4) is 0 Å². The fourth-order valence-corrected chi connectivity index (χ4v) is 1.64. The van der Waals surface area contributed by atoms with Gasteiger partial charge in [0, 0.05) is 23.7 Å². The van der Waals surface area contributed by atoms with Crippen molar-refractivity contribution in [3.63, 3.8) is 0 Å². The molecule has 4 nitrogen and oxygen atoms in total.